The molecule has 0 saturated carbocycles. The Morgan fingerprint density at radius 1 is 1.55 bits per heavy atom. The molecule has 0 spiro atoms. The zero-order valence-corrected chi connectivity index (χ0v) is 6.08. The zero-order valence-electron chi connectivity index (χ0n) is 6.08. The summed E-state index contributed by atoms with van der Waals surface area (Å²) in [6.45, 7) is 0.513. The molecule has 0 aliphatic rings. The van der Waals surface area contributed by atoms with Crippen molar-refractivity contribution in [1.29, 1.82) is 0 Å². The van der Waals surface area contributed by atoms with E-state index in [0.717, 1.165) is 5.56 Å². The zero-order chi connectivity index (χ0) is 8.10. The molecule has 0 atom stereocenters. The molecule has 0 aliphatic carbocycles. The Morgan fingerprint density at radius 2 is 2.36 bits per heavy atom. The number of nitrogens with one attached hydrogen (secondary N) is 1. The summed E-state index contributed by atoms with van der Waals surface area (Å²) in [5.74, 6) is 0. The number of nitrogens with two attached hydrogens (primary N) is 1. The first-order valence-corrected chi connectivity index (χ1v) is 3.38. The van der Waals surface area contributed by atoms with E-state index in [9.17, 15) is 4.79 Å². The van der Waals surface area contributed by atoms with Crippen LogP contribution in [0.3, 0.4) is 0 Å². The highest BCUT2D eigenvalue weighted by atomic mass is 16.1. The summed E-state index contributed by atoms with van der Waals surface area (Å²) in [6, 6.07) is 3.22. The monoisotopic (exact) mass is 150 g/mol. The minimum absolute atomic E-state index is 0.0881. The molecule has 3 nitrogen and oxygen atoms in total. The molecular weight excluding hydrogens is 140 g/mol. The van der Waals surface area contributed by atoms with Crippen molar-refractivity contribution in [3.8, 4) is 0 Å². The molecule has 0 aromatic carbocycles. The Kier molecular flexibility index (Phi) is 2.63. The van der Waals surface area contributed by atoms with Gasteiger partial charge in [0, 0.05) is 18.8 Å². The van der Waals surface area contributed by atoms with Gasteiger partial charge in [-0.1, -0.05) is 12.2 Å². The van der Waals surface area contributed by atoms with Crippen molar-refractivity contribution < 1.29 is 0 Å². The Morgan fingerprint density at radius 3 is 2.91 bits per heavy atom. The maximum absolute atomic E-state index is 10.6. The standard InChI is InChI=1S/C8H10N2O/c9-5-1-2-7-3-4-8(11)10-6-7/h1-4,6H,5,9H2,(H,10,11). The lowest BCUT2D eigenvalue weighted by molar-refractivity contribution is 1.22. The fourth-order valence-corrected chi connectivity index (χ4v) is 0.730. The van der Waals surface area contributed by atoms with Crippen LogP contribution in [0, 0.1) is 0 Å². The summed E-state index contributed by atoms with van der Waals surface area (Å²) in [5, 5.41) is 0. The van der Waals surface area contributed by atoms with Crippen molar-refractivity contribution in [2.75, 3.05) is 6.54 Å². The van der Waals surface area contributed by atoms with E-state index in [4.69, 9.17) is 5.73 Å². The molecule has 0 aliphatic heterocycles. The number of hydrogen-bond acceptors (Lipinski definition) is 2. The van der Waals surface area contributed by atoms with Crippen LogP contribution < -0.4 is 11.3 Å². The predicted molar refractivity (Wildman–Crippen MR) is 45.2 cm³/mol. The lowest BCUT2D eigenvalue weighted by Crippen LogP contribution is -2.01. The van der Waals surface area contributed by atoms with E-state index in [1.54, 1.807) is 12.3 Å². The summed E-state index contributed by atoms with van der Waals surface area (Å²) in [7, 11) is 0. The molecule has 0 bridgehead atoms. The molecule has 3 N–H and O–H groups in total. The van der Waals surface area contributed by atoms with Crippen molar-refractivity contribution in [3.63, 3.8) is 0 Å². The number of aromatic amines is 1. The normalized spacial score (nSPS) is 10.6. The van der Waals surface area contributed by atoms with Gasteiger partial charge >= 0.3 is 0 Å². The Balaban J connectivity index is 2.82. The molecule has 1 aromatic rings. The largest absolute Gasteiger partial charge is 0.329 e. The number of rotatable bonds is 2. The summed E-state index contributed by atoms with van der Waals surface area (Å²) in [6.07, 6.45) is 5.33. The summed E-state index contributed by atoms with van der Waals surface area (Å²) in [4.78, 5) is 13.2. The molecule has 3 heteroatoms. The summed E-state index contributed by atoms with van der Waals surface area (Å²) in [5.41, 5.74) is 6.11. The maximum atomic E-state index is 10.6. The number of H-pyrrole nitrogens is 1. The number of aromatic nitrogens is 1. The molecule has 0 saturated heterocycles. The van der Waals surface area contributed by atoms with Crippen LogP contribution in [0.15, 0.2) is 29.2 Å². The lowest BCUT2D eigenvalue weighted by Gasteiger charge is -1.88. The van der Waals surface area contributed by atoms with E-state index in [2.05, 4.69) is 4.98 Å². The van der Waals surface area contributed by atoms with Gasteiger partial charge in [-0.15, -0.1) is 0 Å². The van der Waals surface area contributed by atoms with Crippen molar-refractivity contribution >= 4 is 6.08 Å². The second-order valence-corrected chi connectivity index (χ2v) is 2.12. The first-order valence-electron chi connectivity index (χ1n) is 3.38. The van der Waals surface area contributed by atoms with E-state index in [1.165, 1.54) is 6.07 Å². The molecule has 0 fully saturated rings. The third kappa shape index (κ3) is 2.39. The van der Waals surface area contributed by atoms with Crippen molar-refractivity contribution in [1.82, 2.24) is 4.98 Å². The highest BCUT2D eigenvalue weighted by Crippen LogP contribution is 1.94. The van der Waals surface area contributed by atoms with Gasteiger partial charge in [0.05, 0.1) is 0 Å². The molecule has 0 amide bonds. The van der Waals surface area contributed by atoms with Crippen LogP contribution in [0.2, 0.25) is 0 Å². The van der Waals surface area contributed by atoms with Crippen LogP contribution in [0.1, 0.15) is 5.56 Å². The van der Waals surface area contributed by atoms with E-state index in [1.807, 2.05) is 12.2 Å². The molecule has 58 valence electrons. The van der Waals surface area contributed by atoms with Crippen LogP contribution in [-0.2, 0) is 0 Å². The van der Waals surface area contributed by atoms with Gasteiger partial charge in [-0.3, -0.25) is 4.79 Å². The molecule has 0 unspecified atom stereocenters. The summed E-state index contributed by atoms with van der Waals surface area (Å²) >= 11 is 0. The highest BCUT2D eigenvalue weighted by Gasteiger charge is 1.83. The number of pyridine rings is 1. The Labute approximate surface area is 64.6 Å². The maximum Gasteiger partial charge on any atom is 0.247 e. The smallest absolute Gasteiger partial charge is 0.247 e. The highest BCUT2D eigenvalue weighted by molar-refractivity contribution is 5.47. The lowest BCUT2D eigenvalue weighted by atomic mass is 10.2. The van der Waals surface area contributed by atoms with Crippen molar-refractivity contribution in [3.05, 3.63) is 40.3 Å². The molecule has 1 rings (SSSR count). The van der Waals surface area contributed by atoms with Crippen molar-refractivity contribution in [2.45, 2.75) is 0 Å². The van der Waals surface area contributed by atoms with Crippen LogP contribution in [0.4, 0.5) is 0 Å². The van der Waals surface area contributed by atoms with Gasteiger partial charge < -0.3 is 10.7 Å². The van der Waals surface area contributed by atoms with Gasteiger partial charge in [0.25, 0.3) is 0 Å². The number of hydrogen-bond donors (Lipinski definition) is 2. The third-order valence-corrected chi connectivity index (χ3v) is 1.25. The van der Waals surface area contributed by atoms with Gasteiger partial charge in [-0.05, 0) is 11.6 Å². The van der Waals surface area contributed by atoms with Gasteiger partial charge in [0.2, 0.25) is 5.56 Å². The minimum atomic E-state index is -0.0881. The molecular formula is C8H10N2O. The van der Waals surface area contributed by atoms with Crippen LogP contribution in [-0.4, -0.2) is 11.5 Å². The Bertz CT molecular complexity index is 281. The van der Waals surface area contributed by atoms with Crippen LogP contribution in [0.5, 0.6) is 0 Å². The fourth-order valence-electron chi connectivity index (χ4n) is 0.730. The second-order valence-electron chi connectivity index (χ2n) is 2.12. The molecule has 11 heavy (non-hydrogen) atoms. The van der Waals surface area contributed by atoms with E-state index in [0.29, 0.717) is 6.54 Å². The fraction of sp³-hybridized carbons (Fsp3) is 0.125. The van der Waals surface area contributed by atoms with Gasteiger partial charge in [0.1, 0.15) is 0 Å². The van der Waals surface area contributed by atoms with Crippen LogP contribution in [0.25, 0.3) is 6.08 Å². The average Bonchev–Trinajstić information content (AvgIpc) is 2.04. The quantitative estimate of drug-likeness (QED) is 0.639. The average molecular weight is 150 g/mol. The van der Waals surface area contributed by atoms with E-state index >= 15 is 0 Å². The summed E-state index contributed by atoms with van der Waals surface area (Å²) < 4.78 is 0. The van der Waals surface area contributed by atoms with Crippen LogP contribution >= 0.6 is 0 Å². The van der Waals surface area contributed by atoms with E-state index in [-0.39, 0.29) is 5.56 Å². The van der Waals surface area contributed by atoms with Gasteiger partial charge in [-0.2, -0.15) is 0 Å². The van der Waals surface area contributed by atoms with Gasteiger partial charge in [-0.25, -0.2) is 0 Å². The van der Waals surface area contributed by atoms with Crippen molar-refractivity contribution in [2.24, 2.45) is 5.73 Å². The predicted octanol–water partition coefficient (Wildman–Crippen LogP) is 0.347. The molecule has 0 radical (unpaired) electrons. The molecule has 1 aromatic heterocycles. The third-order valence-electron chi connectivity index (χ3n) is 1.25. The first kappa shape index (κ1) is 7.75. The molecule has 1 heterocycles. The second kappa shape index (κ2) is 3.73. The first-order chi connectivity index (χ1) is 5.33. The minimum Gasteiger partial charge on any atom is -0.329 e. The SMILES string of the molecule is NCC=Cc1ccc(=O)[nH]c1. The van der Waals surface area contributed by atoms with E-state index < -0.39 is 0 Å². The van der Waals surface area contributed by atoms with Gasteiger partial charge in [0.15, 0.2) is 0 Å². The topological polar surface area (TPSA) is 58.9 Å². The Hall–Kier alpha value is -1.35.